The van der Waals surface area contributed by atoms with Gasteiger partial charge in [0.2, 0.25) is 0 Å². The monoisotopic (exact) mass is 250 g/mol. The van der Waals surface area contributed by atoms with Crippen molar-refractivity contribution in [3.8, 4) is 0 Å². The normalized spacial score (nSPS) is 18.6. The summed E-state index contributed by atoms with van der Waals surface area (Å²) in [7, 11) is 0. The summed E-state index contributed by atoms with van der Waals surface area (Å²) in [6.45, 7) is 1.23. The van der Waals surface area contributed by atoms with Crippen LogP contribution in [0.3, 0.4) is 0 Å². The lowest BCUT2D eigenvalue weighted by Crippen LogP contribution is -2.31. The van der Waals surface area contributed by atoms with E-state index in [1.807, 2.05) is 0 Å². The Bertz CT molecular complexity index is 438. The predicted octanol–water partition coefficient (Wildman–Crippen LogP) is 1.50. The van der Waals surface area contributed by atoms with E-state index in [2.05, 4.69) is 5.32 Å². The van der Waals surface area contributed by atoms with Crippen molar-refractivity contribution in [2.75, 3.05) is 13.2 Å². The second-order valence-electron chi connectivity index (χ2n) is 4.15. The van der Waals surface area contributed by atoms with Crippen LogP contribution in [0.2, 0.25) is 0 Å². The molecule has 1 aliphatic heterocycles. The van der Waals surface area contributed by atoms with Crippen LogP contribution in [-0.4, -0.2) is 30.1 Å². The molecule has 1 aliphatic rings. The molecule has 0 aliphatic carbocycles. The van der Waals surface area contributed by atoms with Crippen LogP contribution < -0.4 is 5.32 Å². The second kappa shape index (κ2) is 5.59. The lowest BCUT2D eigenvalue weighted by molar-refractivity contribution is -0.384. The molecule has 0 aromatic heterocycles. The highest BCUT2D eigenvalue weighted by Gasteiger charge is 2.16. The SMILES string of the molecule is O=C(NCC1CCCO1)c1ccc([N+](=O)[O-])cc1. The third kappa shape index (κ3) is 3.04. The van der Waals surface area contributed by atoms with Crippen molar-refractivity contribution in [3.63, 3.8) is 0 Å². The molecule has 0 saturated carbocycles. The van der Waals surface area contributed by atoms with Gasteiger partial charge in [-0.2, -0.15) is 0 Å². The number of carbonyl (C=O) groups excluding carboxylic acids is 1. The van der Waals surface area contributed by atoms with E-state index in [1.54, 1.807) is 0 Å². The van der Waals surface area contributed by atoms with Crippen molar-refractivity contribution in [1.29, 1.82) is 0 Å². The number of nitro groups is 1. The fourth-order valence-electron chi connectivity index (χ4n) is 1.85. The summed E-state index contributed by atoms with van der Waals surface area (Å²) in [5.41, 5.74) is 0.393. The quantitative estimate of drug-likeness (QED) is 0.648. The number of rotatable bonds is 4. The summed E-state index contributed by atoms with van der Waals surface area (Å²) in [5, 5.41) is 13.2. The summed E-state index contributed by atoms with van der Waals surface area (Å²) in [6.07, 6.45) is 2.07. The van der Waals surface area contributed by atoms with Crippen molar-refractivity contribution >= 4 is 11.6 Å². The average Bonchev–Trinajstić information content (AvgIpc) is 2.89. The van der Waals surface area contributed by atoms with Crippen LogP contribution in [0.5, 0.6) is 0 Å². The van der Waals surface area contributed by atoms with Gasteiger partial charge >= 0.3 is 0 Å². The Kier molecular flexibility index (Phi) is 3.88. The first-order valence-corrected chi connectivity index (χ1v) is 5.81. The lowest BCUT2D eigenvalue weighted by atomic mass is 10.2. The fourth-order valence-corrected chi connectivity index (χ4v) is 1.85. The zero-order chi connectivity index (χ0) is 13.0. The molecule has 1 fully saturated rings. The number of non-ortho nitro benzene ring substituents is 1. The predicted molar refractivity (Wildman–Crippen MR) is 64.4 cm³/mol. The van der Waals surface area contributed by atoms with E-state index in [-0.39, 0.29) is 17.7 Å². The van der Waals surface area contributed by atoms with Crippen LogP contribution in [0, 0.1) is 10.1 Å². The van der Waals surface area contributed by atoms with Crippen LogP contribution >= 0.6 is 0 Å². The Morgan fingerprint density at radius 1 is 1.44 bits per heavy atom. The van der Waals surface area contributed by atoms with E-state index in [1.165, 1.54) is 24.3 Å². The Morgan fingerprint density at radius 3 is 2.72 bits per heavy atom. The number of hydrogen-bond acceptors (Lipinski definition) is 4. The van der Waals surface area contributed by atoms with Gasteiger partial charge in [-0.1, -0.05) is 0 Å². The standard InChI is InChI=1S/C12H14N2O4/c15-12(13-8-11-2-1-7-18-11)9-3-5-10(6-4-9)14(16)17/h3-6,11H,1-2,7-8H2,(H,13,15). The van der Waals surface area contributed by atoms with Crippen molar-refractivity contribution in [3.05, 3.63) is 39.9 Å². The van der Waals surface area contributed by atoms with Crippen molar-refractivity contribution in [2.24, 2.45) is 0 Å². The van der Waals surface area contributed by atoms with Crippen molar-refractivity contribution in [2.45, 2.75) is 18.9 Å². The molecule has 18 heavy (non-hydrogen) atoms. The Balaban J connectivity index is 1.89. The van der Waals surface area contributed by atoms with Crippen LogP contribution in [0.15, 0.2) is 24.3 Å². The Labute approximate surface area is 104 Å². The van der Waals surface area contributed by atoms with Crippen molar-refractivity contribution < 1.29 is 14.5 Å². The molecule has 0 radical (unpaired) electrons. The summed E-state index contributed by atoms with van der Waals surface area (Å²) < 4.78 is 5.39. The molecule has 1 N–H and O–H groups in total. The molecule has 2 rings (SSSR count). The molecule has 96 valence electrons. The summed E-state index contributed by atoms with van der Waals surface area (Å²) in [6, 6.07) is 5.54. The number of amides is 1. The molecule has 1 aromatic rings. The Hall–Kier alpha value is -1.95. The molecule has 1 aromatic carbocycles. The number of ether oxygens (including phenoxy) is 1. The van der Waals surface area contributed by atoms with Crippen LogP contribution in [0.1, 0.15) is 23.2 Å². The zero-order valence-electron chi connectivity index (χ0n) is 9.80. The molecular formula is C12H14N2O4. The molecule has 6 nitrogen and oxygen atoms in total. The van der Waals surface area contributed by atoms with Gasteiger partial charge < -0.3 is 10.1 Å². The minimum atomic E-state index is -0.492. The van der Waals surface area contributed by atoms with Gasteiger partial charge in [0.25, 0.3) is 11.6 Å². The number of nitro benzene ring substituents is 1. The molecule has 1 heterocycles. The van der Waals surface area contributed by atoms with Crippen molar-refractivity contribution in [1.82, 2.24) is 5.32 Å². The minimum absolute atomic E-state index is 0.0225. The maximum absolute atomic E-state index is 11.7. The molecule has 6 heteroatoms. The molecular weight excluding hydrogens is 236 g/mol. The molecule has 1 amide bonds. The van der Waals surface area contributed by atoms with Crippen LogP contribution in [-0.2, 0) is 4.74 Å². The van der Waals surface area contributed by atoms with Gasteiger partial charge in [-0.05, 0) is 25.0 Å². The zero-order valence-corrected chi connectivity index (χ0v) is 9.80. The second-order valence-corrected chi connectivity index (χ2v) is 4.15. The van der Waals surface area contributed by atoms with Crippen LogP contribution in [0.4, 0.5) is 5.69 Å². The fraction of sp³-hybridized carbons (Fsp3) is 0.417. The van der Waals surface area contributed by atoms with E-state index in [9.17, 15) is 14.9 Å². The highest BCUT2D eigenvalue weighted by atomic mass is 16.6. The number of nitrogens with zero attached hydrogens (tertiary/aromatic N) is 1. The van der Waals surface area contributed by atoms with E-state index < -0.39 is 4.92 Å². The van der Waals surface area contributed by atoms with E-state index in [0.717, 1.165) is 19.4 Å². The molecule has 0 bridgehead atoms. The average molecular weight is 250 g/mol. The number of carbonyl (C=O) groups is 1. The lowest BCUT2D eigenvalue weighted by Gasteiger charge is -2.10. The largest absolute Gasteiger partial charge is 0.376 e. The first kappa shape index (κ1) is 12.5. The molecule has 1 atom stereocenters. The van der Waals surface area contributed by atoms with Gasteiger partial charge in [-0.15, -0.1) is 0 Å². The number of nitrogens with one attached hydrogen (secondary N) is 1. The first-order valence-electron chi connectivity index (χ1n) is 5.81. The maximum atomic E-state index is 11.7. The topological polar surface area (TPSA) is 81.5 Å². The van der Waals surface area contributed by atoms with Crippen LogP contribution in [0.25, 0.3) is 0 Å². The molecule has 1 saturated heterocycles. The van der Waals surface area contributed by atoms with Gasteiger partial charge in [-0.3, -0.25) is 14.9 Å². The third-order valence-electron chi connectivity index (χ3n) is 2.85. The van der Waals surface area contributed by atoms with Gasteiger partial charge in [0, 0.05) is 30.8 Å². The molecule has 0 spiro atoms. The maximum Gasteiger partial charge on any atom is 0.269 e. The summed E-state index contributed by atoms with van der Waals surface area (Å²) in [5.74, 6) is -0.236. The highest BCUT2D eigenvalue weighted by Crippen LogP contribution is 2.13. The third-order valence-corrected chi connectivity index (χ3v) is 2.85. The first-order chi connectivity index (χ1) is 8.66. The molecule has 1 unspecified atom stereocenters. The van der Waals surface area contributed by atoms with E-state index >= 15 is 0 Å². The van der Waals surface area contributed by atoms with E-state index in [0.29, 0.717) is 12.1 Å². The number of benzene rings is 1. The summed E-state index contributed by atoms with van der Waals surface area (Å²) >= 11 is 0. The van der Waals surface area contributed by atoms with Gasteiger partial charge in [0.15, 0.2) is 0 Å². The van der Waals surface area contributed by atoms with Gasteiger partial charge in [0.05, 0.1) is 11.0 Å². The summed E-state index contributed by atoms with van der Waals surface area (Å²) in [4.78, 5) is 21.7. The minimum Gasteiger partial charge on any atom is -0.376 e. The van der Waals surface area contributed by atoms with Gasteiger partial charge in [0.1, 0.15) is 0 Å². The Morgan fingerprint density at radius 2 is 2.17 bits per heavy atom. The highest BCUT2D eigenvalue weighted by molar-refractivity contribution is 5.94. The van der Waals surface area contributed by atoms with Gasteiger partial charge in [-0.25, -0.2) is 0 Å². The number of hydrogen-bond donors (Lipinski definition) is 1. The smallest absolute Gasteiger partial charge is 0.269 e. The van der Waals surface area contributed by atoms with E-state index in [4.69, 9.17) is 4.74 Å².